The summed E-state index contributed by atoms with van der Waals surface area (Å²) in [5.74, 6) is 0.914. The molecule has 2 rings (SSSR count). The lowest BCUT2D eigenvalue weighted by atomic mass is 9.94. The summed E-state index contributed by atoms with van der Waals surface area (Å²) in [6.07, 6.45) is 1.14. The van der Waals surface area contributed by atoms with Gasteiger partial charge in [0.1, 0.15) is 5.75 Å². The number of rotatable bonds is 6. The Morgan fingerprint density at radius 3 is 2.52 bits per heavy atom. The molecule has 0 amide bonds. The molecule has 2 aromatic carbocycles. The molecule has 0 aromatic heterocycles. The number of aryl methyl sites for hydroxylation is 2. The zero-order valence-electron chi connectivity index (χ0n) is 13.5. The Hall–Kier alpha value is -1.80. The molecule has 0 radical (unpaired) electrons. The molecule has 0 aliphatic carbocycles. The first-order valence-corrected chi connectivity index (χ1v) is 7.61. The van der Waals surface area contributed by atoms with E-state index in [9.17, 15) is 0 Å². The Balaban J connectivity index is 2.43. The normalized spacial score (nSPS) is 10.7. The Labute approximate surface area is 128 Å². The molecule has 0 aliphatic heterocycles. The van der Waals surface area contributed by atoms with Gasteiger partial charge in [0.2, 0.25) is 0 Å². The van der Waals surface area contributed by atoms with E-state index in [2.05, 4.69) is 56.4 Å². The third-order valence-corrected chi connectivity index (χ3v) is 3.74. The van der Waals surface area contributed by atoms with Crippen molar-refractivity contribution in [3.8, 4) is 16.9 Å². The van der Waals surface area contributed by atoms with Crippen LogP contribution in [0.5, 0.6) is 5.75 Å². The molecule has 21 heavy (non-hydrogen) atoms. The highest BCUT2D eigenvalue weighted by Gasteiger charge is 2.09. The van der Waals surface area contributed by atoms with Crippen LogP contribution in [-0.4, -0.2) is 13.7 Å². The van der Waals surface area contributed by atoms with Crippen LogP contribution in [0.2, 0.25) is 0 Å². The van der Waals surface area contributed by atoms with Crippen LogP contribution in [0, 0.1) is 13.8 Å². The van der Waals surface area contributed by atoms with Crippen LogP contribution in [-0.2, 0) is 6.54 Å². The van der Waals surface area contributed by atoms with Gasteiger partial charge in [0, 0.05) is 6.54 Å². The molecule has 0 saturated heterocycles. The summed E-state index contributed by atoms with van der Waals surface area (Å²) in [6.45, 7) is 8.39. The summed E-state index contributed by atoms with van der Waals surface area (Å²) in [4.78, 5) is 0. The van der Waals surface area contributed by atoms with Crippen LogP contribution in [0.4, 0.5) is 0 Å². The number of methoxy groups -OCH3 is 1. The smallest absolute Gasteiger partial charge is 0.119 e. The molecule has 2 nitrogen and oxygen atoms in total. The zero-order chi connectivity index (χ0) is 15.2. The highest BCUT2D eigenvalue weighted by atomic mass is 16.5. The number of nitrogens with one attached hydrogen (secondary N) is 1. The van der Waals surface area contributed by atoms with Gasteiger partial charge >= 0.3 is 0 Å². The van der Waals surface area contributed by atoms with Crippen molar-refractivity contribution in [1.82, 2.24) is 5.32 Å². The Morgan fingerprint density at radius 1 is 1.00 bits per heavy atom. The fourth-order valence-corrected chi connectivity index (χ4v) is 2.53. The zero-order valence-corrected chi connectivity index (χ0v) is 13.5. The topological polar surface area (TPSA) is 21.3 Å². The number of benzene rings is 2. The number of hydrogen-bond donors (Lipinski definition) is 1. The maximum atomic E-state index is 5.38. The van der Waals surface area contributed by atoms with Crippen LogP contribution >= 0.6 is 0 Å². The van der Waals surface area contributed by atoms with E-state index in [-0.39, 0.29) is 0 Å². The number of hydrogen-bond acceptors (Lipinski definition) is 2. The van der Waals surface area contributed by atoms with Gasteiger partial charge in [-0.3, -0.25) is 0 Å². The van der Waals surface area contributed by atoms with Crippen molar-refractivity contribution in [3.63, 3.8) is 0 Å². The largest absolute Gasteiger partial charge is 0.497 e. The van der Waals surface area contributed by atoms with Crippen molar-refractivity contribution in [2.45, 2.75) is 33.7 Å². The Kier molecular flexibility index (Phi) is 5.40. The third kappa shape index (κ3) is 3.85. The lowest BCUT2D eigenvalue weighted by molar-refractivity contribution is 0.414. The van der Waals surface area contributed by atoms with E-state index in [4.69, 9.17) is 4.74 Å². The highest BCUT2D eigenvalue weighted by Crippen LogP contribution is 2.30. The average Bonchev–Trinajstić information content (AvgIpc) is 2.50. The third-order valence-electron chi connectivity index (χ3n) is 3.74. The van der Waals surface area contributed by atoms with E-state index >= 15 is 0 Å². The maximum absolute atomic E-state index is 5.38. The molecule has 0 fully saturated rings. The molecule has 1 N–H and O–H groups in total. The first-order chi connectivity index (χ1) is 10.2. The quantitative estimate of drug-likeness (QED) is 0.789. The fourth-order valence-electron chi connectivity index (χ4n) is 2.53. The summed E-state index contributed by atoms with van der Waals surface area (Å²) in [5, 5.41) is 3.49. The van der Waals surface area contributed by atoms with Crippen molar-refractivity contribution in [2.24, 2.45) is 0 Å². The van der Waals surface area contributed by atoms with Crippen LogP contribution in [0.15, 0.2) is 36.4 Å². The minimum atomic E-state index is 0.869. The van der Waals surface area contributed by atoms with Crippen LogP contribution in [0.25, 0.3) is 11.1 Å². The summed E-state index contributed by atoms with van der Waals surface area (Å²) in [7, 11) is 1.72. The van der Waals surface area contributed by atoms with E-state index in [0.29, 0.717) is 0 Å². The van der Waals surface area contributed by atoms with Crippen LogP contribution < -0.4 is 10.1 Å². The molecular weight excluding hydrogens is 258 g/mol. The second-order valence-electron chi connectivity index (χ2n) is 5.52. The van der Waals surface area contributed by atoms with Gasteiger partial charge in [-0.15, -0.1) is 0 Å². The van der Waals surface area contributed by atoms with Gasteiger partial charge in [-0.2, -0.15) is 0 Å². The van der Waals surface area contributed by atoms with E-state index in [1.807, 2.05) is 6.07 Å². The van der Waals surface area contributed by atoms with Gasteiger partial charge in [-0.1, -0.05) is 36.8 Å². The van der Waals surface area contributed by atoms with E-state index in [0.717, 1.165) is 25.3 Å². The molecule has 2 aromatic rings. The monoisotopic (exact) mass is 283 g/mol. The summed E-state index contributed by atoms with van der Waals surface area (Å²) in [6, 6.07) is 13.0. The molecule has 0 spiro atoms. The second-order valence-corrected chi connectivity index (χ2v) is 5.52. The molecule has 112 valence electrons. The molecule has 0 bridgehead atoms. The molecule has 2 heteroatoms. The minimum absolute atomic E-state index is 0.869. The summed E-state index contributed by atoms with van der Waals surface area (Å²) >= 11 is 0. The SMILES string of the molecule is CCCNCc1cc(OC)ccc1-c1cc(C)ccc1C. The van der Waals surface area contributed by atoms with Gasteiger partial charge in [-0.05, 0) is 61.2 Å². The number of ether oxygens (including phenoxy) is 1. The fraction of sp³-hybridized carbons (Fsp3) is 0.368. The lowest BCUT2D eigenvalue weighted by Gasteiger charge is -2.15. The molecule has 0 atom stereocenters. The predicted molar refractivity (Wildman–Crippen MR) is 89.9 cm³/mol. The first-order valence-electron chi connectivity index (χ1n) is 7.61. The van der Waals surface area contributed by atoms with E-state index < -0.39 is 0 Å². The first kappa shape index (κ1) is 15.6. The molecule has 0 saturated carbocycles. The van der Waals surface area contributed by atoms with E-state index in [1.54, 1.807) is 7.11 Å². The summed E-state index contributed by atoms with van der Waals surface area (Å²) in [5.41, 5.74) is 6.49. The van der Waals surface area contributed by atoms with Crippen molar-refractivity contribution < 1.29 is 4.74 Å². The van der Waals surface area contributed by atoms with Gasteiger partial charge in [-0.25, -0.2) is 0 Å². The van der Waals surface area contributed by atoms with E-state index in [1.165, 1.54) is 27.8 Å². The van der Waals surface area contributed by atoms with Crippen molar-refractivity contribution in [3.05, 3.63) is 53.1 Å². The van der Waals surface area contributed by atoms with Crippen molar-refractivity contribution >= 4 is 0 Å². The Morgan fingerprint density at radius 2 is 1.81 bits per heavy atom. The van der Waals surface area contributed by atoms with Gasteiger partial charge in [0.25, 0.3) is 0 Å². The molecule has 0 aliphatic rings. The lowest BCUT2D eigenvalue weighted by Crippen LogP contribution is -2.14. The molecular formula is C19H25NO. The molecule has 0 heterocycles. The standard InChI is InChI=1S/C19H25NO/c1-5-10-20-13-16-12-17(21-4)8-9-18(16)19-11-14(2)6-7-15(19)3/h6-9,11-12,20H,5,10,13H2,1-4H3. The minimum Gasteiger partial charge on any atom is -0.497 e. The molecule has 0 unspecified atom stereocenters. The average molecular weight is 283 g/mol. The second kappa shape index (κ2) is 7.28. The maximum Gasteiger partial charge on any atom is 0.119 e. The van der Waals surface area contributed by atoms with Gasteiger partial charge < -0.3 is 10.1 Å². The van der Waals surface area contributed by atoms with Crippen molar-refractivity contribution in [2.75, 3.05) is 13.7 Å². The van der Waals surface area contributed by atoms with Crippen LogP contribution in [0.3, 0.4) is 0 Å². The van der Waals surface area contributed by atoms with Gasteiger partial charge in [0.15, 0.2) is 0 Å². The highest BCUT2D eigenvalue weighted by molar-refractivity contribution is 5.72. The van der Waals surface area contributed by atoms with Crippen LogP contribution in [0.1, 0.15) is 30.0 Å². The van der Waals surface area contributed by atoms with Crippen molar-refractivity contribution in [1.29, 1.82) is 0 Å². The Bertz CT molecular complexity index is 605. The predicted octanol–water partition coefficient (Wildman–Crippen LogP) is 4.48. The van der Waals surface area contributed by atoms with Gasteiger partial charge in [0.05, 0.1) is 7.11 Å². The summed E-state index contributed by atoms with van der Waals surface area (Å²) < 4.78 is 5.38.